The second-order valence-corrected chi connectivity index (χ2v) is 5.64. The Kier molecular flexibility index (Phi) is 2.74. The Labute approximate surface area is 80.9 Å². The summed E-state index contributed by atoms with van der Waals surface area (Å²) in [5.41, 5.74) is -0.651. The van der Waals surface area contributed by atoms with Crippen LogP contribution in [0.2, 0.25) is 0 Å². The lowest BCUT2D eigenvalue weighted by Crippen LogP contribution is -2.47. The molecule has 0 aliphatic carbocycles. The molecule has 0 aromatic rings. The van der Waals surface area contributed by atoms with Crippen molar-refractivity contribution in [3.05, 3.63) is 0 Å². The lowest BCUT2D eigenvalue weighted by Gasteiger charge is -2.42. The van der Waals surface area contributed by atoms with Crippen LogP contribution in [-0.2, 0) is 27.2 Å². The average Bonchev–Trinajstić information content (AvgIpc) is 2.17. The van der Waals surface area contributed by atoms with Crippen LogP contribution in [0.25, 0.3) is 0 Å². The van der Waals surface area contributed by atoms with E-state index in [9.17, 15) is 14.0 Å². The topological polar surface area (TPSA) is 94.1 Å². The number of phosphoric ester groups is 1. The first-order valence-corrected chi connectivity index (χ1v) is 6.40. The number of rotatable bonds is 3. The summed E-state index contributed by atoms with van der Waals surface area (Å²) in [6.07, 6.45) is 0. The van der Waals surface area contributed by atoms with Crippen LogP contribution in [0, 0.1) is 5.41 Å². The standard InChI is InChI=1S/C5H8O7P2/c6-13(7)9-1-5-2-10-14(8,11-3-5)12-4-5/h1-4H2. The lowest BCUT2D eigenvalue weighted by molar-refractivity contribution is -0.192. The van der Waals surface area contributed by atoms with Crippen LogP contribution < -0.4 is 4.89 Å². The van der Waals surface area contributed by atoms with Crippen molar-refractivity contribution in [3.8, 4) is 0 Å². The maximum atomic E-state index is 11.3. The number of hydrogen-bond donors (Lipinski definition) is 0. The molecule has 80 valence electrons. The lowest BCUT2D eigenvalue weighted by atomic mass is 9.93. The highest BCUT2D eigenvalue weighted by Gasteiger charge is 2.51. The Morgan fingerprint density at radius 2 is 1.86 bits per heavy atom. The molecule has 0 aromatic carbocycles. The van der Waals surface area contributed by atoms with Crippen LogP contribution in [0.3, 0.4) is 0 Å². The van der Waals surface area contributed by atoms with Gasteiger partial charge in [0.2, 0.25) is 0 Å². The summed E-state index contributed by atoms with van der Waals surface area (Å²) < 4.78 is 40.5. The van der Waals surface area contributed by atoms with Crippen molar-refractivity contribution in [1.82, 2.24) is 0 Å². The van der Waals surface area contributed by atoms with Gasteiger partial charge in [0.1, 0.15) is 6.61 Å². The van der Waals surface area contributed by atoms with E-state index < -0.39 is 21.5 Å². The van der Waals surface area contributed by atoms with E-state index in [1.165, 1.54) is 0 Å². The van der Waals surface area contributed by atoms with Gasteiger partial charge in [0, 0.05) is 0 Å². The summed E-state index contributed by atoms with van der Waals surface area (Å²) in [6.45, 7) is 0.320. The molecule has 1 unspecified atom stereocenters. The normalized spacial score (nSPS) is 42.5. The fraction of sp³-hybridized carbons (Fsp3) is 1.00. The molecule has 0 amide bonds. The van der Waals surface area contributed by atoms with E-state index >= 15 is 0 Å². The Hall–Kier alpha value is 0.130. The van der Waals surface area contributed by atoms with Crippen LogP contribution >= 0.6 is 16.1 Å². The molecule has 0 saturated carbocycles. The third-order valence-electron chi connectivity index (χ3n) is 2.06. The van der Waals surface area contributed by atoms with Crippen molar-refractivity contribution in [3.63, 3.8) is 0 Å². The summed E-state index contributed by atoms with van der Waals surface area (Å²) in [7, 11) is -6.22. The maximum absolute atomic E-state index is 11.3. The molecule has 2 bridgehead atoms. The van der Waals surface area contributed by atoms with Crippen molar-refractivity contribution < 1.29 is 32.1 Å². The molecule has 1 atom stereocenters. The number of fused-ring (bicyclic) bond motifs is 3. The van der Waals surface area contributed by atoms with E-state index in [0.717, 1.165) is 0 Å². The van der Waals surface area contributed by atoms with Crippen LogP contribution in [0.15, 0.2) is 0 Å². The largest absolute Gasteiger partial charge is 0.566 e. The highest BCUT2D eigenvalue weighted by atomic mass is 31.2. The van der Waals surface area contributed by atoms with Crippen LogP contribution in [0.1, 0.15) is 0 Å². The first kappa shape index (κ1) is 10.6. The summed E-state index contributed by atoms with van der Waals surface area (Å²) in [4.78, 5) is 10.2. The minimum Gasteiger partial charge on any atom is -0.566 e. The third kappa shape index (κ3) is 2.04. The van der Waals surface area contributed by atoms with Crippen LogP contribution in [0.5, 0.6) is 0 Å². The van der Waals surface area contributed by atoms with E-state index in [2.05, 4.69) is 4.52 Å². The second-order valence-electron chi connectivity index (χ2n) is 3.26. The molecule has 14 heavy (non-hydrogen) atoms. The van der Waals surface area contributed by atoms with E-state index in [-0.39, 0.29) is 26.4 Å². The molecular weight excluding hydrogens is 234 g/mol. The Morgan fingerprint density at radius 1 is 1.36 bits per heavy atom. The van der Waals surface area contributed by atoms with Gasteiger partial charge in [-0.15, -0.1) is 4.52 Å². The minimum atomic E-state index is -3.32. The van der Waals surface area contributed by atoms with Gasteiger partial charge in [-0.1, -0.05) is 0 Å². The Morgan fingerprint density at radius 3 is 2.29 bits per heavy atom. The molecule has 3 saturated heterocycles. The van der Waals surface area contributed by atoms with Gasteiger partial charge >= 0.3 is 16.1 Å². The fourth-order valence-electron chi connectivity index (χ4n) is 1.20. The van der Waals surface area contributed by atoms with E-state index in [0.29, 0.717) is 0 Å². The zero-order valence-electron chi connectivity index (χ0n) is 7.08. The van der Waals surface area contributed by atoms with Gasteiger partial charge in [-0.25, -0.2) is 4.57 Å². The van der Waals surface area contributed by atoms with Crippen molar-refractivity contribution in [2.75, 3.05) is 26.4 Å². The summed E-state index contributed by atoms with van der Waals surface area (Å²) >= 11 is 0. The van der Waals surface area contributed by atoms with E-state index in [4.69, 9.17) is 13.6 Å². The molecule has 3 rings (SSSR count). The van der Waals surface area contributed by atoms with Gasteiger partial charge in [0.05, 0.1) is 25.2 Å². The van der Waals surface area contributed by atoms with Gasteiger partial charge < -0.3 is 4.89 Å². The first-order chi connectivity index (χ1) is 6.54. The highest BCUT2D eigenvalue weighted by Crippen LogP contribution is 2.60. The molecule has 0 spiro atoms. The predicted octanol–water partition coefficient (Wildman–Crippen LogP) is 0.192. The van der Waals surface area contributed by atoms with Gasteiger partial charge in [-0.2, -0.15) is 0 Å². The van der Waals surface area contributed by atoms with Crippen molar-refractivity contribution >= 4 is 16.1 Å². The van der Waals surface area contributed by atoms with Gasteiger partial charge in [-0.05, 0) is 4.57 Å². The minimum absolute atomic E-state index is 0.0777. The summed E-state index contributed by atoms with van der Waals surface area (Å²) in [5, 5.41) is 0. The molecule has 9 heteroatoms. The molecule has 0 N–H and O–H groups in total. The second kappa shape index (κ2) is 3.61. The highest BCUT2D eigenvalue weighted by molar-refractivity contribution is 7.48. The molecule has 0 radical (unpaired) electrons. The van der Waals surface area contributed by atoms with Crippen LogP contribution in [-0.4, -0.2) is 26.4 Å². The van der Waals surface area contributed by atoms with Crippen molar-refractivity contribution in [2.24, 2.45) is 5.41 Å². The average molecular weight is 242 g/mol. The Balaban J connectivity index is 1.98. The molecule has 3 aliphatic heterocycles. The monoisotopic (exact) mass is 242 g/mol. The smallest absolute Gasteiger partial charge is 0.488 e. The first-order valence-electron chi connectivity index (χ1n) is 3.85. The molecular formula is C5H8O7P2. The Bertz CT molecular complexity index is 271. The molecule has 7 nitrogen and oxygen atoms in total. The molecule has 3 aliphatic rings. The number of hydrogen-bond acceptors (Lipinski definition) is 7. The van der Waals surface area contributed by atoms with E-state index in [1.807, 2.05) is 0 Å². The fourth-order valence-corrected chi connectivity index (χ4v) is 3.10. The third-order valence-corrected chi connectivity index (χ3v) is 3.74. The zero-order chi connectivity index (χ0) is 10.2. The van der Waals surface area contributed by atoms with Gasteiger partial charge in [0.15, 0.2) is 0 Å². The maximum Gasteiger partial charge on any atom is 0.488 e. The van der Waals surface area contributed by atoms with E-state index in [1.54, 1.807) is 0 Å². The molecule has 3 fully saturated rings. The number of phosphoric acid groups is 1. The summed E-state index contributed by atoms with van der Waals surface area (Å²) in [5.74, 6) is 0. The quantitative estimate of drug-likeness (QED) is 0.652. The van der Waals surface area contributed by atoms with Crippen molar-refractivity contribution in [1.29, 1.82) is 0 Å². The predicted molar refractivity (Wildman–Crippen MR) is 41.5 cm³/mol. The van der Waals surface area contributed by atoms with Crippen molar-refractivity contribution in [2.45, 2.75) is 0 Å². The molecule has 0 aromatic heterocycles. The van der Waals surface area contributed by atoms with Gasteiger partial charge in [0.25, 0.3) is 0 Å². The van der Waals surface area contributed by atoms with Gasteiger partial charge in [-0.3, -0.25) is 13.6 Å². The van der Waals surface area contributed by atoms with Crippen LogP contribution in [0.4, 0.5) is 0 Å². The SMILES string of the molecule is O=[P+]([O-])OCC12COP(=O)(OC1)OC2. The summed E-state index contributed by atoms with van der Waals surface area (Å²) in [6, 6.07) is 0. The molecule has 3 heterocycles. The zero-order valence-corrected chi connectivity index (χ0v) is 8.87.